The Morgan fingerprint density at radius 2 is 2.13 bits per heavy atom. The van der Waals surface area contributed by atoms with Crippen molar-refractivity contribution in [1.82, 2.24) is 0 Å². The molecule has 3 heteroatoms. The zero-order valence-electron chi connectivity index (χ0n) is 9.28. The maximum absolute atomic E-state index is 11.7. The second kappa shape index (κ2) is 5.09. The molecule has 0 fully saturated rings. The average Bonchev–Trinajstić information content (AvgIpc) is 2.20. The summed E-state index contributed by atoms with van der Waals surface area (Å²) < 4.78 is 11.7. The van der Waals surface area contributed by atoms with Crippen LogP contribution < -0.4 is 0 Å². The molecule has 1 atom stereocenters. The summed E-state index contributed by atoms with van der Waals surface area (Å²) in [6.07, 6.45) is 0. The molecule has 0 aliphatic rings. The van der Waals surface area contributed by atoms with Crippen LogP contribution in [0.1, 0.15) is 30.5 Å². The fourth-order valence-electron chi connectivity index (χ4n) is 1.25. The molecule has 0 aliphatic heterocycles. The normalized spacial score (nSPS) is 12.5. The molecule has 0 heterocycles. The van der Waals surface area contributed by atoms with E-state index in [1.807, 2.05) is 32.9 Å². The quantitative estimate of drug-likeness (QED) is 0.787. The molecule has 1 rings (SSSR count). The highest BCUT2D eigenvalue weighted by Gasteiger charge is 2.08. The molecule has 0 aromatic heterocycles. The number of nitrogens with zero attached hydrogens (tertiary/aromatic N) is 1. The van der Waals surface area contributed by atoms with Crippen molar-refractivity contribution in [3.63, 3.8) is 0 Å². The van der Waals surface area contributed by atoms with E-state index in [4.69, 9.17) is 5.26 Å². The zero-order valence-corrected chi connectivity index (χ0v) is 10.1. The van der Waals surface area contributed by atoms with Gasteiger partial charge < -0.3 is 0 Å². The van der Waals surface area contributed by atoms with Crippen molar-refractivity contribution < 1.29 is 4.21 Å². The van der Waals surface area contributed by atoms with Gasteiger partial charge in [0.1, 0.15) is 0 Å². The Morgan fingerprint density at radius 1 is 1.47 bits per heavy atom. The summed E-state index contributed by atoms with van der Waals surface area (Å²) in [5, 5.41) is 8.89. The third-order valence-corrected chi connectivity index (χ3v) is 3.94. The van der Waals surface area contributed by atoms with E-state index in [2.05, 4.69) is 6.07 Å². The topological polar surface area (TPSA) is 40.9 Å². The van der Waals surface area contributed by atoms with Crippen LogP contribution in [0.2, 0.25) is 0 Å². The molecule has 15 heavy (non-hydrogen) atoms. The first-order chi connectivity index (χ1) is 7.04. The molecule has 1 unspecified atom stereocenters. The molecule has 0 saturated carbocycles. The molecule has 2 nitrogen and oxygen atoms in total. The van der Waals surface area contributed by atoms with Crippen LogP contribution in [-0.4, -0.2) is 9.46 Å². The van der Waals surface area contributed by atoms with E-state index in [-0.39, 0.29) is 5.25 Å². The molecule has 0 saturated heterocycles. The fraction of sp³-hybridized carbons (Fsp3) is 0.417. The fourth-order valence-corrected chi connectivity index (χ4v) is 2.21. The standard InChI is InChI=1S/C12H15NOS/c1-9(2)15(14)8-12-5-4-11(7-13)6-10(12)3/h4-6,9H,8H2,1-3H3. The average molecular weight is 221 g/mol. The maximum atomic E-state index is 11.7. The van der Waals surface area contributed by atoms with Crippen molar-refractivity contribution in [2.75, 3.05) is 0 Å². The van der Waals surface area contributed by atoms with Gasteiger partial charge >= 0.3 is 0 Å². The van der Waals surface area contributed by atoms with Crippen molar-refractivity contribution >= 4 is 10.8 Å². The van der Waals surface area contributed by atoms with Gasteiger partial charge in [-0.15, -0.1) is 0 Å². The Morgan fingerprint density at radius 3 is 2.60 bits per heavy atom. The summed E-state index contributed by atoms with van der Waals surface area (Å²) in [6, 6.07) is 7.61. The molecule has 80 valence electrons. The third-order valence-electron chi connectivity index (χ3n) is 2.30. The first-order valence-corrected chi connectivity index (χ1v) is 6.29. The monoisotopic (exact) mass is 221 g/mol. The van der Waals surface area contributed by atoms with Crippen LogP contribution >= 0.6 is 0 Å². The van der Waals surface area contributed by atoms with Crippen LogP contribution in [0.5, 0.6) is 0 Å². The molecule has 0 radical (unpaired) electrons. The van der Waals surface area contributed by atoms with Crippen molar-refractivity contribution in [2.45, 2.75) is 31.8 Å². The van der Waals surface area contributed by atoms with Gasteiger partial charge in [0.05, 0.1) is 11.6 Å². The summed E-state index contributed by atoms with van der Waals surface area (Å²) in [5.74, 6) is 0.579. The van der Waals surface area contributed by atoms with Gasteiger partial charge in [-0.05, 0) is 30.2 Å². The Labute approximate surface area is 93.4 Å². The van der Waals surface area contributed by atoms with E-state index in [1.165, 1.54) is 0 Å². The van der Waals surface area contributed by atoms with Gasteiger partial charge in [-0.25, -0.2) is 0 Å². The van der Waals surface area contributed by atoms with E-state index in [1.54, 1.807) is 6.07 Å². The predicted molar refractivity (Wildman–Crippen MR) is 62.9 cm³/mol. The SMILES string of the molecule is Cc1cc(C#N)ccc1CS(=O)C(C)C. The van der Waals surface area contributed by atoms with Crippen molar-refractivity contribution in [2.24, 2.45) is 0 Å². The van der Waals surface area contributed by atoms with Crippen LogP contribution in [0.3, 0.4) is 0 Å². The van der Waals surface area contributed by atoms with Gasteiger partial charge in [0.2, 0.25) is 0 Å². The largest absolute Gasteiger partial charge is 0.259 e. The Bertz CT molecular complexity index is 418. The summed E-state index contributed by atoms with van der Waals surface area (Å²) in [6.45, 7) is 5.86. The van der Waals surface area contributed by atoms with E-state index in [0.29, 0.717) is 11.3 Å². The molecule has 1 aromatic rings. The lowest BCUT2D eigenvalue weighted by molar-refractivity contribution is 0.676. The first-order valence-electron chi connectivity index (χ1n) is 4.91. The van der Waals surface area contributed by atoms with Gasteiger partial charge in [-0.1, -0.05) is 19.9 Å². The molecule has 0 amide bonds. The second-order valence-corrected chi connectivity index (χ2v) is 5.82. The highest BCUT2D eigenvalue weighted by atomic mass is 32.2. The molecular formula is C12H15NOS. The molecule has 0 N–H and O–H groups in total. The number of hydrogen-bond acceptors (Lipinski definition) is 2. The van der Waals surface area contributed by atoms with Crippen molar-refractivity contribution in [1.29, 1.82) is 5.26 Å². The predicted octanol–water partition coefficient (Wildman–Crippen LogP) is 2.52. The number of hydrogen-bond donors (Lipinski definition) is 0. The van der Waals surface area contributed by atoms with Crippen LogP contribution in [0.25, 0.3) is 0 Å². The molecule has 0 bridgehead atoms. The Kier molecular flexibility index (Phi) is 4.05. The van der Waals surface area contributed by atoms with E-state index in [0.717, 1.165) is 11.1 Å². The summed E-state index contributed by atoms with van der Waals surface area (Å²) in [4.78, 5) is 0. The lowest BCUT2D eigenvalue weighted by atomic mass is 10.1. The third kappa shape index (κ3) is 3.17. The lowest BCUT2D eigenvalue weighted by Gasteiger charge is -2.08. The number of nitriles is 1. The van der Waals surface area contributed by atoms with Crippen molar-refractivity contribution in [3.8, 4) is 6.07 Å². The lowest BCUT2D eigenvalue weighted by Crippen LogP contribution is -2.08. The van der Waals surface area contributed by atoms with Gasteiger partial charge in [0, 0.05) is 21.8 Å². The zero-order chi connectivity index (χ0) is 11.4. The summed E-state index contributed by atoms with van der Waals surface area (Å²) >= 11 is 0. The highest BCUT2D eigenvalue weighted by Crippen LogP contribution is 2.14. The van der Waals surface area contributed by atoms with Crippen LogP contribution in [0.4, 0.5) is 0 Å². The first kappa shape index (κ1) is 11.9. The molecule has 1 aromatic carbocycles. The smallest absolute Gasteiger partial charge is 0.0991 e. The summed E-state index contributed by atoms with van der Waals surface area (Å²) in [7, 11) is -0.824. The number of benzene rings is 1. The minimum atomic E-state index is -0.824. The van der Waals surface area contributed by atoms with Gasteiger partial charge in [0.15, 0.2) is 0 Å². The van der Waals surface area contributed by atoms with Crippen LogP contribution in [0, 0.1) is 18.3 Å². The summed E-state index contributed by atoms with van der Waals surface area (Å²) in [5.41, 5.74) is 2.77. The van der Waals surface area contributed by atoms with Gasteiger partial charge in [-0.3, -0.25) is 4.21 Å². The molecular weight excluding hydrogens is 206 g/mol. The van der Waals surface area contributed by atoms with E-state index < -0.39 is 10.8 Å². The second-order valence-electron chi connectivity index (χ2n) is 3.83. The Hall–Kier alpha value is -1.14. The number of rotatable bonds is 3. The van der Waals surface area contributed by atoms with E-state index in [9.17, 15) is 4.21 Å². The van der Waals surface area contributed by atoms with Gasteiger partial charge in [-0.2, -0.15) is 5.26 Å². The minimum Gasteiger partial charge on any atom is -0.259 e. The molecule has 0 spiro atoms. The van der Waals surface area contributed by atoms with Crippen LogP contribution in [-0.2, 0) is 16.6 Å². The highest BCUT2D eigenvalue weighted by molar-refractivity contribution is 7.84. The van der Waals surface area contributed by atoms with Crippen LogP contribution in [0.15, 0.2) is 18.2 Å². The Balaban J connectivity index is 2.89. The van der Waals surface area contributed by atoms with Gasteiger partial charge in [0.25, 0.3) is 0 Å². The molecule has 0 aliphatic carbocycles. The number of aryl methyl sites for hydroxylation is 1. The van der Waals surface area contributed by atoms with Crippen molar-refractivity contribution in [3.05, 3.63) is 34.9 Å². The minimum absolute atomic E-state index is 0.181. The maximum Gasteiger partial charge on any atom is 0.0991 e. The van der Waals surface area contributed by atoms with E-state index >= 15 is 0 Å².